The van der Waals surface area contributed by atoms with Crippen LogP contribution in [-0.4, -0.2) is 35.0 Å². The zero-order valence-corrected chi connectivity index (χ0v) is 14.2. The second kappa shape index (κ2) is 7.57. The summed E-state index contributed by atoms with van der Waals surface area (Å²) >= 11 is 5.89. The number of hydrogen-bond acceptors (Lipinski definition) is 3. The molecule has 130 valence electrons. The van der Waals surface area contributed by atoms with Crippen LogP contribution in [0.4, 0.5) is 0 Å². The molecule has 0 bridgehead atoms. The molecule has 3 rings (SSSR count). The average Bonchev–Trinajstić information content (AvgIpc) is 3.12. The molecule has 2 unspecified atom stereocenters. The summed E-state index contributed by atoms with van der Waals surface area (Å²) in [5, 5.41) is 9.73. The standard InChI is InChI=1S/C19H18ClNO4/c20-15-6-8-16(9-7-15)25-17(13-4-2-1-3-5-13)18(22)21-11-10-14(12-21)19(23)24/h1-9,14,17H,10-12H2,(H,23,24). The summed E-state index contributed by atoms with van der Waals surface area (Å²) in [6.45, 7) is 0.630. The molecule has 0 radical (unpaired) electrons. The fourth-order valence-corrected chi connectivity index (χ4v) is 2.99. The van der Waals surface area contributed by atoms with Crippen molar-refractivity contribution in [2.45, 2.75) is 12.5 Å². The van der Waals surface area contributed by atoms with Gasteiger partial charge in [0.1, 0.15) is 5.75 Å². The van der Waals surface area contributed by atoms with E-state index in [1.807, 2.05) is 30.3 Å². The zero-order chi connectivity index (χ0) is 17.8. The zero-order valence-electron chi connectivity index (χ0n) is 13.5. The van der Waals surface area contributed by atoms with Gasteiger partial charge in [0.25, 0.3) is 5.91 Å². The molecule has 1 saturated heterocycles. The summed E-state index contributed by atoms with van der Waals surface area (Å²) in [7, 11) is 0. The van der Waals surface area contributed by atoms with E-state index in [0.29, 0.717) is 23.7 Å². The van der Waals surface area contributed by atoms with E-state index in [-0.39, 0.29) is 12.5 Å². The van der Waals surface area contributed by atoms with Gasteiger partial charge in [-0.3, -0.25) is 9.59 Å². The highest BCUT2D eigenvalue weighted by Crippen LogP contribution is 2.27. The van der Waals surface area contributed by atoms with E-state index in [1.165, 1.54) is 0 Å². The van der Waals surface area contributed by atoms with Gasteiger partial charge < -0.3 is 14.7 Å². The van der Waals surface area contributed by atoms with E-state index in [0.717, 1.165) is 5.56 Å². The van der Waals surface area contributed by atoms with Crippen molar-refractivity contribution in [1.82, 2.24) is 4.90 Å². The van der Waals surface area contributed by atoms with Crippen LogP contribution in [0.5, 0.6) is 5.75 Å². The minimum atomic E-state index is -0.870. The maximum absolute atomic E-state index is 13.0. The van der Waals surface area contributed by atoms with Crippen LogP contribution in [0.2, 0.25) is 5.02 Å². The molecule has 6 heteroatoms. The molecule has 25 heavy (non-hydrogen) atoms. The van der Waals surface area contributed by atoms with Gasteiger partial charge in [-0.2, -0.15) is 0 Å². The lowest BCUT2D eigenvalue weighted by Crippen LogP contribution is -2.36. The second-order valence-corrected chi connectivity index (χ2v) is 6.41. The molecular formula is C19H18ClNO4. The maximum Gasteiger partial charge on any atom is 0.308 e. The van der Waals surface area contributed by atoms with Gasteiger partial charge >= 0.3 is 5.97 Å². The molecule has 1 amide bonds. The van der Waals surface area contributed by atoms with Crippen LogP contribution in [0.3, 0.4) is 0 Å². The van der Waals surface area contributed by atoms with Crippen molar-refractivity contribution in [3.8, 4) is 5.75 Å². The number of nitrogens with zero attached hydrogens (tertiary/aromatic N) is 1. The lowest BCUT2D eigenvalue weighted by molar-refractivity contribution is -0.142. The molecule has 5 nitrogen and oxygen atoms in total. The van der Waals surface area contributed by atoms with Gasteiger partial charge in [0.05, 0.1) is 5.92 Å². The first-order valence-electron chi connectivity index (χ1n) is 8.03. The molecule has 1 aliphatic rings. The van der Waals surface area contributed by atoms with E-state index in [4.69, 9.17) is 21.4 Å². The van der Waals surface area contributed by atoms with Crippen LogP contribution in [-0.2, 0) is 9.59 Å². The number of carbonyl (C=O) groups is 2. The number of carboxylic acids is 1. The number of rotatable bonds is 5. The van der Waals surface area contributed by atoms with Gasteiger partial charge in [0.2, 0.25) is 6.10 Å². The van der Waals surface area contributed by atoms with Crippen LogP contribution < -0.4 is 4.74 Å². The summed E-state index contributed by atoms with van der Waals surface area (Å²) < 4.78 is 5.93. The average molecular weight is 360 g/mol. The van der Waals surface area contributed by atoms with Crippen molar-refractivity contribution >= 4 is 23.5 Å². The van der Waals surface area contributed by atoms with Crippen molar-refractivity contribution in [3.05, 3.63) is 65.2 Å². The SMILES string of the molecule is O=C(O)C1CCN(C(=O)C(Oc2ccc(Cl)cc2)c2ccccc2)C1. The molecule has 0 spiro atoms. The third-order valence-corrected chi connectivity index (χ3v) is 4.50. The highest BCUT2D eigenvalue weighted by Gasteiger charge is 2.35. The van der Waals surface area contributed by atoms with Crippen molar-refractivity contribution in [1.29, 1.82) is 0 Å². The summed E-state index contributed by atoms with van der Waals surface area (Å²) in [6.07, 6.45) is -0.362. The minimum absolute atomic E-state index is 0.210. The number of carboxylic acid groups (broad SMARTS) is 1. The monoisotopic (exact) mass is 359 g/mol. The van der Waals surface area contributed by atoms with Crippen LogP contribution in [0, 0.1) is 5.92 Å². The molecule has 0 aliphatic carbocycles. The fourth-order valence-electron chi connectivity index (χ4n) is 2.87. The first-order valence-corrected chi connectivity index (χ1v) is 8.41. The largest absolute Gasteiger partial charge is 0.481 e. The predicted octanol–water partition coefficient (Wildman–Crippen LogP) is 3.39. The van der Waals surface area contributed by atoms with E-state index in [2.05, 4.69) is 0 Å². The topological polar surface area (TPSA) is 66.8 Å². The normalized spacial score (nSPS) is 18.0. The molecule has 1 fully saturated rings. The number of amides is 1. The first-order chi connectivity index (χ1) is 12.0. The second-order valence-electron chi connectivity index (χ2n) is 5.97. The molecule has 2 atom stereocenters. The molecule has 2 aromatic carbocycles. The lowest BCUT2D eigenvalue weighted by Gasteiger charge is -2.24. The number of benzene rings is 2. The number of carbonyl (C=O) groups excluding carboxylic acids is 1. The first kappa shape index (κ1) is 17.3. The highest BCUT2D eigenvalue weighted by atomic mass is 35.5. The number of hydrogen-bond donors (Lipinski definition) is 1. The van der Waals surface area contributed by atoms with Gasteiger partial charge in [0, 0.05) is 23.7 Å². The van der Waals surface area contributed by atoms with Gasteiger partial charge in [0.15, 0.2) is 0 Å². The number of ether oxygens (including phenoxy) is 1. The van der Waals surface area contributed by atoms with Gasteiger partial charge in [-0.1, -0.05) is 41.9 Å². The maximum atomic E-state index is 13.0. The molecule has 1 heterocycles. The Kier molecular flexibility index (Phi) is 5.24. The van der Waals surface area contributed by atoms with E-state index in [1.54, 1.807) is 29.2 Å². The number of likely N-dealkylation sites (tertiary alicyclic amines) is 1. The van der Waals surface area contributed by atoms with E-state index < -0.39 is 18.0 Å². The van der Waals surface area contributed by atoms with Crippen molar-refractivity contribution in [2.24, 2.45) is 5.92 Å². The van der Waals surface area contributed by atoms with E-state index >= 15 is 0 Å². The summed E-state index contributed by atoms with van der Waals surface area (Å²) in [4.78, 5) is 25.7. The summed E-state index contributed by atoms with van der Waals surface area (Å²) in [5.41, 5.74) is 0.723. The third-order valence-electron chi connectivity index (χ3n) is 4.24. The van der Waals surface area contributed by atoms with Gasteiger partial charge in [-0.15, -0.1) is 0 Å². The van der Waals surface area contributed by atoms with Gasteiger partial charge in [-0.05, 0) is 30.7 Å². The quantitative estimate of drug-likeness (QED) is 0.888. The molecule has 2 aromatic rings. The smallest absolute Gasteiger partial charge is 0.308 e. The Balaban J connectivity index is 1.82. The molecular weight excluding hydrogens is 342 g/mol. The fraction of sp³-hybridized carbons (Fsp3) is 0.263. The van der Waals surface area contributed by atoms with Crippen LogP contribution in [0.1, 0.15) is 18.1 Å². The predicted molar refractivity (Wildman–Crippen MR) is 93.6 cm³/mol. The van der Waals surface area contributed by atoms with Crippen LogP contribution >= 0.6 is 11.6 Å². The molecule has 0 aromatic heterocycles. The van der Waals surface area contributed by atoms with Crippen molar-refractivity contribution in [3.63, 3.8) is 0 Å². The Morgan fingerprint density at radius 1 is 1.12 bits per heavy atom. The molecule has 1 N–H and O–H groups in total. The Morgan fingerprint density at radius 2 is 1.80 bits per heavy atom. The third kappa shape index (κ3) is 4.12. The summed E-state index contributed by atoms with van der Waals surface area (Å²) in [6, 6.07) is 16.0. The van der Waals surface area contributed by atoms with Crippen molar-refractivity contribution < 1.29 is 19.4 Å². The van der Waals surface area contributed by atoms with Gasteiger partial charge in [-0.25, -0.2) is 0 Å². The Morgan fingerprint density at radius 3 is 2.40 bits per heavy atom. The van der Waals surface area contributed by atoms with E-state index in [9.17, 15) is 9.59 Å². The molecule has 1 aliphatic heterocycles. The van der Waals surface area contributed by atoms with Crippen LogP contribution in [0.15, 0.2) is 54.6 Å². The number of halogens is 1. The molecule has 0 saturated carbocycles. The number of aliphatic carboxylic acids is 1. The highest BCUT2D eigenvalue weighted by molar-refractivity contribution is 6.30. The summed E-state index contributed by atoms with van der Waals surface area (Å²) in [5.74, 6) is -1.09. The minimum Gasteiger partial charge on any atom is -0.481 e. The Bertz CT molecular complexity index is 748. The Labute approximate surface area is 150 Å². The Hall–Kier alpha value is -2.53. The van der Waals surface area contributed by atoms with Crippen molar-refractivity contribution in [2.75, 3.05) is 13.1 Å². The van der Waals surface area contributed by atoms with Crippen LogP contribution in [0.25, 0.3) is 0 Å². The lowest BCUT2D eigenvalue weighted by atomic mass is 10.1.